The summed E-state index contributed by atoms with van der Waals surface area (Å²) in [6.07, 6.45) is 0. The number of benzene rings is 2. The molecule has 96 valence electrons. The predicted molar refractivity (Wildman–Crippen MR) is 85.0 cm³/mol. The van der Waals surface area contributed by atoms with Gasteiger partial charge in [0, 0.05) is 16.9 Å². The van der Waals surface area contributed by atoms with Crippen molar-refractivity contribution >= 4 is 43.0 Å². The van der Waals surface area contributed by atoms with Crippen LogP contribution in [0.1, 0.15) is 5.56 Å². The first kappa shape index (κ1) is 12.5. The molecule has 0 unspecified atom stereocenters. The summed E-state index contributed by atoms with van der Waals surface area (Å²) in [6.45, 7) is 0.731. The predicted octanol–water partition coefficient (Wildman–Crippen LogP) is 4.98. The van der Waals surface area contributed by atoms with E-state index >= 15 is 0 Å². The molecule has 0 atom stereocenters. The van der Waals surface area contributed by atoms with Gasteiger partial charge in [-0.25, -0.2) is 0 Å². The molecule has 0 amide bonds. The summed E-state index contributed by atoms with van der Waals surface area (Å²) in [7, 11) is 0. The first-order chi connectivity index (χ1) is 9.22. The molecule has 0 saturated heterocycles. The maximum atomic E-state index is 9.46. The molecule has 1 aromatic heterocycles. The average molecular weight is 334 g/mol. The Morgan fingerprint density at radius 3 is 2.84 bits per heavy atom. The minimum atomic E-state index is 0.267. The van der Waals surface area contributed by atoms with Crippen molar-refractivity contribution in [2.45, 2.75) is 6.54 Å². The third-order valence-electron chi connectivity index (χ3n) is 2.96. The van der Waals surface area contributed by atoms with Gasteiger partial charge in [0.05, 0.1) is 4.47 Å². The van der Waals surface area contributed by atoms with Crippen molar-refractivity contribution in [3.8, 4) is 5.75 Å². The van der Waals surface area contributed by atoms with E-state index in [0.717, 1.165) is 22.3 Å². The summed E-state index contributed by atoms with van der Waals surface area (Å²) in [4.78, 5) is 0. The number of aromatic hydroxyl groups is 1. The topological polar surface area (TPSA) is 32.3 Å². The van der Waals surface area contributed by atoms with Crippen molar-refractivity contribution in [2.24, 2.45) is 0 Å². The maximum absolute atomic E-state index is 9.46. The van der Waals surface area contributed by atoms with Crippen LogP contribution in [0.5, 0.6) is 5.75 Å². The van der Waals surface area contributed by atoms with Gasteiger partial charge in [0.15, 0.2) is 0 Å². The van der Waals surface area contributed by atoms with Crippen molar-refractivity contribution in [1.82, 2.24) is 0 Å². The molecule has 3 rings (SSSR count). The second-order valence-electron chi connectivity index (χ2n) is 4.31. The Labute approximate surface area is 123 Å². The molecule has 0 spiro atoms. The number of nitrogens with one attached hydrogen (secondary N) is 1. The maximum Gasteiger partial charge on any atom is 0.129 e. The molecule has 2 aromatic carbocycles. The van der Waals surface area contributed by atoms with Gasteiger partial charge in [-0.3, -0.25) is 0 Å². The van der Waals surface area contributed by atoms with Gasteiger partial charge >= 0.3 is 0 Å². The van der Waals surface area contributed by atoms with Crippen LogP contribution in [0.15, 0.2) is 52.3 Å². The summed E-state index contributed by atoms with van der Waals surface area (Å²) in [5, 5.41) is 16.2. The van der Waals surface area contributed by atoms with Crippen LogP contribution >= 0.6 is 27.3 Å². The number of hydrogen-bond donors (Lipinski definition) is 2. The SMILES string of the molecule is Oc1ccc(CNc2ccc3sccc3c2)cc1Br. The van der Waals surface area contributed by atoms with Gasteiger partial charge in [-0.05, 0) is 68.7 Å². The molecule has 3 aromatic rings. The Bertz CT molecular complexity index is 723. The number of fused-ring (bicyclic) bond motifs is 1. The zero-order valence-corrected chi connectivity index (χ0v) is 12.5. The van der Waals surface area contributed by atoms with Crippen LogP contribution in [0.2, 0.25) is 0 Å². The van der Waals surface area contributed by atoms with Gasteiger partial charge in [-0.1, -0.05) is 6.07 Å². The van der Waals surface area contributed by atoms with Crippen LogP contribution in [0, 0.1) is 0 Å². The average Bonchev–Trinajstić information content (AvgIpc) is 2.87. The summed E-state index contributed by atoms with van der Waals surface area (Å²) in [5.74, 6) is 0.267. The highest BCUT2D eigenvalue weighted by molar-refractivity contribution is 9.10. The highest BCUT2D eigenvalue weighted by Crippen LogP contribution is 2.26. The molecular formula is C15H12BrNOS. The van der Waals surface area contributed by atoms with Crippen LogP contribution in [0.4, 0.5) is 5.69 Å². The second-order valence-corrected chi connectivity index (χ2v) is 6.11. The lowest BCUT2D eigenvalue weighted by molar-refractivity contribution is 0.471. The zero-order chi connectivity index (χ0) is 13.2. The van der Waals surface area contributed by atoms with E-state index in [1.165, 1.54) is 10.1 Å². The van der Waals surface area contributed by atoms with Crippen molar-refractivity contribution in [2.75, 3.05) is 5.32 Å². The number of halogens is 1. The highest BCUT2D eigenvalue weighted by atomic mass is 79.9. The molecule has 2 N–H and O–H groups in total. The highest BCUT2D eigenvalue weighted by Gasteiger charge is 2.01. The molecule has 0 aliphatic carbocycles. The fourth-order valence-corrected chi connectivity index (χ4v) is 3.14. The van der Waals surface area contributed by atoms with E-state index in [9.17, 15) is 5.11 Å². The molecule has 0 saturated carbocycles. The van der Waals surface area contributed by atoms with Crippen molar-refractivity contribution in [3.63, 3.8) is 0 Å². The molecule has 1 heterocycles. The van der Waals surface area contributed by atoms with Gasteiger partial charge in [0.2, 0.25) is 0 Å². The van der Waals surface area contributed by atoms with E-state index in [4.69, 9.17) is 0 Å². The molecule has 0 fully saturated rings. The molecule has 19 heavy (non-hydrogen) atoms. The summed E-state index contributed by atoms with van der Waals surface area (Å²) in [5.41, 5.74) is 2.23. The lowest BCUT2D eigenvalue weighted by atomic mass is 10.2. The largest absolute Gasteiger partial charge is 0.507 e. The molecule has 0 bridgehead atoms. The third-order valence-corrected chi connectivity index (χ3v) is 4.49. The van der Waals surface area contributed by atoms with E-state index in [0.29, 0.717) is 0 Å². The Kier molecular flexibility index (Phi) is 3.44. The molecule has 4 heteroatoms. The normalized spacial score (nSPS) is 10.8. The minimum absolute atomic E-state index is 0.267. The standard InChI is InChI=1S/C15H12BrNOS/c16-13-7-10(1-3-14(13)18)9-17-12-2-4-15-11(8-12)5-6-19-15/h1-8,17-18H,9H2. The van der Waals surface area contributed by atoms with Crippen LogP contribution in [0.3, 0.4) is 0 Å². The molecule has 0 radical (unpaired) electrons. The van der Waals surface area contributed by atoms with Gasteiger partial charge in [0.1, 0.15) is 5.75 Å². The van der Waals surface area contributed by atoms with E-state index in [-0.39, 0.29) is 5.75 Å². The van der Waals surface area contributed by atoms with Crippen LogP contribution < -0.4 is 5.32 Å². The summed E-state index contributed by atoms with van der Waals surface area (Å²) < 4.78 is 2.03. The lowest BCUT2D eigenvalue weighted by Crippen LogP contribution is -1.98. The number of phenolic OH excluding ortho intramolecular Hbond substituents is 1. The van der Waals surface area contributed by atoms with Crippen molar-refractivity contribution < 1.29 is 5.11 Å². The molecule has 0 aliphatic heterocycles. The smallest absolute Gasteiger partial charge is 0.129 e. The van der Waals surface area contributed by atoms with Crippen molar-refractivity contribution in [1.29, 1.82) is 0 Å². The lowest BCUT2D eigenvalue weighted by Gasteiger charge is -2.07. The second kappa shape index (κ2) is 5.23. The Morgan fingerprint density at radius 1 is 1.11 bits per heavy atom. The minimum Gasteiger partial charge on any atom is -0.507 e. The van der Waals surface area contributed by atoms with Gasteiger partial charge < -0.3 is 10.4 Å². The molecular weight excluding hydrogens is 322 g/mol. The molecule has 2 nitrogen and oxygen atoms in total. The first-order valence-corrected chi connectivity index (χ1v) is 7.58. The number of anilines is 1. The number of hydrogen-bond acceptors (Lipinski definition) is 3. The summed E-state index contributed by atoms with van der Waals surface area (Å²) >= 11 is 5.08. The van der Waals surface area contributed by atoms with Crippen LogP contribution in [0.25, 0.3) is 10.1 Å². The fraction of sp³-hybridized carbons (Fsp3) is 0.0667. The number of rotatable bonds is 3. The Morgan fingerprint density at radius 2 is 2.00 bits per heavy atom. The van der Waals surface area contributed by atoms with Gasteiger partial charge in [-0.15, -0.1) is 11.3 Å². The fourth-order valence-electron chi connectivity index (χ4n) is 1.94. The monoisotopic (exact) mass is 333 g/mol. The first-order valence-electron chi connectivity index (χ1n) is 5.91. The zero-order valence-electron chi connectivity index (χ0n) is 10.1. The summed E-state index contributed by atoms with van der Waals surface area (Å²) in [6, 6.07) is 14.0. The third kappa shape index (κ3) is 2.74. The van der Waals surface area contributed by atoms with E-state index in [2.05, 4.69) is 50.9 Å². The van der Waals surface area contributed by atoms with Crippen LogP contribution in [-0.4, -0.2) is 5.11 Å². The van der Waals surface area contributed by atoms with Crippen LogP contribution in [-0.2, 0) is 6.54 Å². The van der Waals surface area contributed by atoms with E-state index in [1.807, 2.05) is 12.1 Å². The number of phenols is 1. The van der Waals surface area contributed by atoms with Gasteiger partial charge in [0.25, 0.3) is 0 Å². The van der Waals surface area contributed by atoms with E-state index in [1.54, 1.807) is 17.4 Å². The van der Waals surface area contributed by atoms with Crippen molar-refractivity contribution in [3.05, 3.63) is 57.9 Å². The number of thiophene rings is 1. The molecule has 0 aliphatic rings. The quantitative estimate of drug-likeness (QED) is 0.708. The van der Waals surface area contributed by atoms with E-state index < -0.39 is 0 Å². The Balaban J connectivity index is 1.75. The Hall–Kier alpha value is -1.52. The van der Waals surface area contributed by atoms with Gasteiger partial charge in [-0.2, -0.15) is 0 Å².